The molecule has 0 saturated carbocycles. The van der Waals surface area contributed by atoms with Crippen molar-refractivity contribution in [3.63, 3.8) is 0 Å². The van der Waals surface area contributed by atoms with Crippen LogP contribution in [-0.2, 0) is 29.7 Å². The minimum atomic E-state index is -0.298. The van der Waals surface area contributed by atoms with E-state index in [1.165, 1.54) is 10.9 Å². The Morgan fingerprint density at radius 1 is 1.12 bits per heavy atom. The molecule has 0 spiro atoms. The third-order valence-electron chi connectivity index (χ3n) is 5.14. The maximum atomic E-state index is 13.1. The SMILES string of the molecule is Cn1c(CN(Cc2ccccc2)C(=O)[C@H]2CCCO2)cc2ccccc21. The lowest BCUT2D eigenvalue weighted by atomic mass is 10.1. The van der Waals surface area contributed by atoms with Crippen LogP contribution in [0.5, 0.6) is 0 Å². The summed E-state index contributed by atoms with van der Waals surface area (Å²) in [5.41, 5.74) is 3.46. The summed E-state index contributed by atoms with van der Waals surface area (Å²) in [6.07, 6.45) is 1.48. The highest BCUT2D eigenvalue weighted by atomic mass is 16.5. The smallest absolute Gasteiger partial charge is 0.252 e. The molecule has 1 aliphatic rings. The van der Waals surface area contributed by atoms with Crippen molar-refractivity contribution in [3.05, 3.63) is 71.9 Å². The topological polar surface area (TPSA) is 34.5 Å². The number of hydrogen-bond acceptors (Lipinski definition) is 2. The number of amides is 1. The highest BCUT2D eigenvalue weighted by molar-refractivity contribution is 5.83. The molecule has 0 N–H and O–H groups in total. The molecule has 1 saturated heterocycles. The van der Waals surface area contributed by atoms with Gasteiger partial charge >= 0.3 is 0 Å². The van der Waals surface area contributed by atoms with E-state index in [1.54, 1.807) is 0 Å². The number of fused-ring (bicyclic) bond motifs is 1. The van der Waals surface area contributed by atoms with Gasteiger partial charge in [-0.15, -0.1) is 0 Å². The van der Waals surface area contributed by atoms with E-state index in [0.717, 1.165) is 24.1 Å². The summed E-state index contributed by atoms with van der Waals surface area (Å²) in [4.78, 5) is 15.0. The molecular formula is C22H24N2O2. The standard InChI is InChI=1S/C22H24N2O2/c1-23-19(14-18-10-5-6-11-20(18)23)16-24(15-17-8-3-2-4-9-17)22(25)21-12-7-13-26-21/h2-6,8-11,14,21H,7,12-13,15-16H2,1H3/t21-/m1/s1. The summed E-state index contributed by atoms with van der Waals surface area (Å²) >= 11 is 0. The minimum absolute atomic E-state index is 0.0941. The van der Waals surface area contributed by atoms with E-state index in [-0.39, 0.29) is 12.0 Å². The summed E-state index contributed by atoms with van der Waals surface area (Å²) in [7, 11) is 2.06. The van der Waals surface area contributed by atoms with Gasteiger partial charge in [-0.05, 0) is 35.9 Å². The first-order valence-electron chi connectivity index (χ1n) is 9.20. The van der Waals surface area contributed by atoms with Gasteiger partial charge in [-0.2, -0.15) is 0 Å². The van der Waals surface area contributed by atoms with Gasteiger partial charge < -0.3 is 14.2 Å². The average Bonchev–Trinajstić information content (AvgIpc) is 3.31. The fourth-order valence-electron chi connectivity index (χ4n) is 3.68. The van der Waals surface area contributed by atoms with Gasteiger partial charge in [-0.1, -0.05) is 48.5 Å². The van der Waals surface area contributed by atoms with Crippen LogP contribution in [0, 0.1) is 0 Å². The molecule has 4 nitrogen and oxygen atoms in total. The van der Waals surface area contributed by atoms with Crippen LogP contribution in [0.25, 0.3) is 10.9 Å². The van der Waals surface area contributed by atoms with Crippen molar-refractivity contribution < 1.29 is 9.53 Å². The molecular weight excluding hydrogens is 324 g/mol. The number of rotatable bonds is 5. The van der Waals surface area contributed by atoms with Crippen molar-refractivity contribution in [1.29, 1.82) is 0 Å². The van der Waals surface area contributed by atoms with Crippen LogP contribution in [0.4, 0.5) is 0 Å². The van der Waals surface area contributed by atoms with E-state index in [0.29, 0.717) is 19.7 Å². The Balaban J connectivity index is 1.62. The van der Waals surface area contributed by atoms with Gasteiger partial charge in [-0.25, -0.2) is 0 Å². The molecule has 26 heavy (non-hydrogen) atoms. The van der Waals surface area contributed by atoms with Crippen LogP contribution in [0.15, 0.2) is 60.7 Å². The predicted molar refractivity (Wildman–Crippen MR) is 103 cm³/mol. The number of para-hydroxylation sites is 1. The van der Waals surface area contributed by atoms with E-state index in [4.69, 9.17) is 4.74 Å². The molecule has 4 heteroatoms. The normalized spacial score (nSPS) is 16.9. The third kappa shape index (κ3) is 3.37. The van der Waals surface area contributed by atoms with Crippen LogP contribution < -0.4 is 0 Å². The first-order chi connectivity index (χ1) is 12.7. The zero-order valence-corrected chi connectivity index (χ0v) is 15.1. The van der Waals surface area contributed by atoms with Gasteiger partial charge in [0.1, 0.15) is 6.10 Å². The Kier molecular flexibility index (Phi) is 4.76. The molecule has 1 aromatic heterocycles. The van der Waals surface area contributed by atoms with Gasteiger partial charge in [0.15, 0.2) is 0 Å². The first-order valence-corrected chi connectivity index (χ1v) is 9.20. The number of ether oxygens (including phenoxy) is 1. The zero-order valence-electron chi connectivity index (χ0n) is 15.1. The van der Waals surface area contributed by atoms with Crippen LogP contribution >= 0.6 is 0 Å². The van der Waals surface area contributed by atoms with E-state index in [9.17, 15) is 4.79 Å². The fraction of sp³-hybridized carbons (Fsp3) is 0.318. The van der Waals surface area contributed by atoms with Gasteiger partial charge in [0.2, 0.25) is 0 Å². The van der Waals surface area contributed by atoms with Crippen LogP contribution in [0.2, 0.25) is 0 Å². The lowest BCUT2D eigenvalue weighted by Gasteiger charge is -2.26. The molecule has 1 atom stereocenters. The molecule has 0 aliphatic carbocycles. The Labute approximate surface area is 154 Å². The summed E-state index contributed by atoms with van der Waals surface area (Å²) < 4.78 is 7.84. The maximum Gasteiger partial charge on any atom is 0.252 e. The number of aromatic nitrogens is 1. The summed E-state index contributed by atoms with van der Waals surface area (Å²) in [6, 6.07) is 20.7. The monoisotopic (exact) mass is 348 g/mol. The Morgan fingerprint density at radius 2 is 1.88 bits per heavy atom. The number of aryl methyl sites for hydroxylation is 1. The molecule has 1 fully saturated rings. The fourth-order valence-corrected chi connectivity index (χ4v) is 3.68. The summed E-state index contributed by atoms with van der Waals surface area (Å²) in [5.74, 6) is 0.0941. The number of hydrogen-bond donors (Lipinski definition) is 0. The Bertz CT molecular complexity index is 895. The Hall–Kier alpha value is -2.59. The minimum Gasteiger partial charge on any atom is -0.368 e. The molecule has 134 valence electrons. The van der Waals surface area contributed by atoms with Crippen LogP contribution in [-0.4, -0.2) is 28.1 Å². The number of nitrogens with zero attached hydrogens (tertiary/aromatic N) is 2. The van der Waals surface area contributed by atoms with Crippen molar-refractivity contribution in [1.82, 2.24) is 9.47 Å². The molecule has 2 heterocycles. The van der Waals surface area contributed by atoms with Crippen molar-refractivity contribution in [3.8, 4) is 0 Å². The van der Waals surface area contributed by atoms with Gasteiger partial charge in [-0.3, -0.25) is 4.79 Å². The van der Waals surface area contributed by atoms with Crippen molar-refractivity contribution >= 4 is 16.8 Å². The number of carbonyl (C=O) groups excluding carboxylic acids is 1. The second-order valence-electron chi connectivity index (χ2n) is 6.94. The summed E-state index contributed by atoms with van der Waals surface area (Å²) in [6.45, 7) is 1.86. The molecule has 0 radical (unpaired) electrons. The van der Waals surface area contributed by atoms with Crippen molar-refractivity contribution in [2.24, 2.45) is 7.05 Å². The molecule has 1 amide bonds. The predicted octanol–water partition coefficient (Wildman–Crippen LogP) is 3.89. The van der Waals surface area contributed by atoms with Crippen molar-refractivity contribution in [2.45, 2.75) is 32.0 Å². The van der Waals surface area contributed by atoms with E-state index in [1.807, 2.05) is 35.2 Å². The van der Waals surface area contributed by atoms with Gasteiger partial charge in [0.25, 0.3) is 5.91 Å². The van der Waals surface area contributed by atoms with Crippen molar-refractivity contribution in [2.75, 3.05) is 6.61 Å². The lowest BCUT2D eigenvalue weighted by molar-refractivity contribution is -0.142. The second kappa shape index (κ2) is 7.34. The molecule has 3 aromatic rings. The van der Waals surface area contributed by atoms with Gasteiger partial charge in [0.05, 0.1) is 6.54 Å². The summed E-state index contributed by atoms with van der Waals surface area (Å²) in [5, 5.41) is 1.20. The van der Waals surface area contributed by atoms with E-state index < -0.39 is 0 Å². The maximum absolute atomic E-state index is 13.1. The molecule has 4 rings (SSSR count). The quantitative estimate of drug-likeness (QED) is 0.701. The molecule has 2 aromatic carbocycles. The third-order valence-corrected chi connectivity index (χ3v) is 5.14. The first kappa shape index (κ1) is 16.9. The zero-order chi connectivity index (χ0) is 17.9. The lowest BCUT2D eigenvalue weighted by Crippen LogP contribution is -2.38. The van der Waals surface area contributed by atoms with Gasteiger partial charge in [0, 0.05) is 31.4 Å². The highest BCUT2D eigenvalue weighted by Gasteiger charge is 2.29. The average molecular weight is 348 g/mol. The molecule has 0 bridgehead atoms. The molecule has 1 aliphatic heterocycles. The Morgan fingerprint density at radius 3 is 2.62 bits per heavy atom. The largest absolute Gasteiger partial charge is 0.368 e. The number of benzene rings is 2. The number of carbonyl (C=O) groups is 1. The van der Waals surface area contributed by atoms with E-state index >= 15 is 0 Å². The van der Waals surface area contributed by atoms with Crippen LogP contribution in [0.1, 0.15) is 24.1 Å². The highest BCUT2D eigenvalue weighted by Crippen LogP contribution is 2.22. The molecule has 0 unspecified atom stereocenters. The van der Waals surface area contributed by atoms with Crippen LogP contribution in [0.3, 0.4) is 0 Å². The van der Waals surface area contributed by atoms with E-state index in [2.05, 4.69) is 41.9 Å². The second-order valence-corrected chi connectivity index (χ2v) is 6.94.